The summed E-state index contributed by atoms with van der Waals surface area (Å²) in [7, 11) is 0. The molecule has 1 saturated heterocycles. The molecule has 0 unspecified atom stereocenters. The van der Waals surface area contributed by atoms with Crippen molar-refractivity contribution < 1.29 is 23.9 Å². The fourth-order valence-corrected chi connectivity index (χ4v) is 5.02. The summed E-state index contributed by atoms with van der Waals surface area (Å²) in [6, 6.07) is 10.4. The highest BCUT2D eigenvalue weighted by molar-refractivity contribution is 6.35. The number of benzene rings is 2. The molecule has 1 aliphatic heterocycles. The van der Waals surface area contributed by atoms with Crippen molar-refractivity contribution in [2.24, 2.45) is 11.8 Å². The van der Waals surface area contributed by atoms with Gasteiger partial charge in [0.1, 0.15) is 0 Å². The molecule has 7 nitrogen and oxygen atoms in total. The molecule has 11 heteroatoms. The molecular weight excluding hydrogens is 526 g/mol. The standard InChI is InChI=1S/C23H18Cl4N2O5/c24-12-3-6-16(25)19(7-12)28-20(30)10-34-23(33)11-1-4-13(5-2-11)29-21(31)14-8-17(26)18(27)9-15(14)22(29)32/h1-7,14-15,17-18H,8-10H2,(H,28,30)/t14-,15-,17+,18+/m1/s1. The second-order valence-corrected chi connectivity index (χ2v) is 9.99. The van der Waals surface area contributed by atoms with E-state index in [1.165, 1.54) is 36.4 Å². The molecule has 3 amide bonds. The molecule has 2 aromatic rings. The van der Waals surface area contributed by atoms with Gasteiger partial charge in [0.15, 0.2) is 6.61 Å². The number of hydrogen-bond acceptors (Lipinski definition) is 5. The maximum absolute atomic E-state index is 12.8. The molecule has 178 valence electrons. The summed E-state index contributed by atoms with van der Waals surface area (Å²) in [6.07, 6.45) is 0.683. The molecular formula is C23H18Cl4N2O5. The molecule has 0 radical (unpaired) electrons. The van der Waals surface area contributed by atoms with E-state index in [2.05, 4.69) is 5.32 Å². The topological polar surface area (TPSA) is 92.8 Å². The second kappa shape index (κ2) is 10.1. The highest BCUT2D eigenvalue weighted by Crippen LogP contribution is 2.43. The van der Waals surface area contributed by atoms with Gasteiger partial charge in [-0.3, -0.25) is 19.3 Å². The van der Waals surface area contributed by atoms with Gasteiger partial charge in [-0.1, -0.05) is 23.2 Å². The van der Waals surface area contributed by atoms with E-state index in [-0.39, 0.29) is 33.2 Å². The van der Waals surface area contributed by atoms with Crippen LogP contribution in [0.1, 0.15) is 23.2 Å². The third kappa shape index (κ3) is 5.03. The van der Waals surface area contributed by atoms with Crippen molar-refractivity contribution in [2.45, 2.75) is 23.6 Å². The molecule has 34 heavy (non-hydrogen) atoms. The molecule has 0 spiro atoms. The Balaban J connectivity index is 1.37. The summed E-state index contributed by atoms with van der Waals surface area (Å²) >= 11 is 24.3. The summed E-state index contributed by atoms with van der Waals surface area (Å²) in [5.41, 5.74) is 0.781. The van der Waals surface area contributed by atoms with E-state index in [0.717, 1.165) is 4.90 Å². The van der Waals surface area contributed by atoms with E-state index < -0.39 is 30.3 Å². The number of nitrogens with one attached hydrogen (secondary N) is 1. The number of rotatable bonds is 5. The van der Waals surface area contributed by atoms with Gasteiger partial charge in [0.25, 0.3) is 5.91 Å². The van der Waals surface area contributed by atoms with Crippen LogP contribution in [0.2, 0.25) is 10.0 Å². The molecule has 4 atom stereocenters. The fourth-order valence-electron chi connectivity index (χ4n) is 4.09. The zero-order chi connectivity index (χ0) is 24.6. The summed E-state index contributed by atoms with van der Waals surface area (Å²) in [5, 5.41) is 2.44. The Bertz CT molecular complexity index is 1130. The Morgan fingerprint density at radius 3 is 2.12 bits per heavy atom. The van der Waals surface area contributed by atoms with Crippen molar-refractivity contribution >= 4 is 81.5 Å². The van der Waals surface area contributed by atoms with Crippen molar-refractivity contribution in [2.75, 3.05) is 16.8 Å². The number of alkyl halides is 2. The zero-order valence-corrected chi connectivity index (χ0v) is 20.5. The fraction of sp³-hybridized carbons (Fsp3) is 0.304. The number of halogens is 4. The van der Waals surface area contributed by atoms with E-state index >= 15 is 0 Å². The van der Waals surface area contributed by atoms with Gasteiger partial charge in [-0.05, 0) is 55.3 Å². The van der Waals surface area contributed by atoms with Crippen LogP contribution in [0.5, 0.6) is 0 Å². The second-order valence-electron chi connectivity index (χ2n) is 8.02. The predicted octanol–water partition coefficient (Wildman–Crippen LogP) is 4.90. The highest BCUT2D eigenvalue weighted by atomic mass is 35.5. The maximum Gasteiger partial charge on any atom is 0.338 e. The number of carbonyl (C=O) groups is 4. The minimum Gasteiger partial charge on any atom is -0.452 e. The molecule has 1 saturated carbocycles. The number of nitrogens with zero attached hydrogens (tertiary/aromatic N) is 1. The maximum atomic E-state index is 12.8. The van der Waals surface area contributed by atoms with E-state index in [1.54, 1.807) is 6.07 Å². The van der Waals surface area contributed by atoms with E-state index in [0.29, 0.717) is 29.2 Å². The Morgan fingerprint density at radius 1 is 0.941 bits per heavy atom. The van der Waals surface area contributed by atoms with Crippen LogP contribution in [0.3, 0.4) is 0 Å². The number of ether oxygens (including phenoxy) is 1. The lowest BCUT2D eigenvalue weighted by Gasteiger charge is -2.28. The monoisotopic (exact) mass is 542 g/mol. The van der Waals surface area contributed by atoms with Crippen molar-refractivity contribution in [3.05, 3.63) is 58.1 Å². The quantitative estimate of drug-likeness (QED) is 0.329. The minimum atomic E-state index is -0.749. The number of anilines is 2. The zero-order valence-electron chi connectivity index (χ0n) is 17.5. The molecule has 2 aliphatic rings. The summed E-state index contributed by atoms with van der Waals surface area (Å²) < 4.78 is 5.04. The van der Waals surface area contributed by atoms with Crippen LogP contribution in [-0.4, -0.2) is 41.1 Å². The average molecular weight is 544 g/mol. The summed E-state index contributed by atoms with van der Waals surface area (Å²) in [4.78, 5) is 51.2. The lowest BCUT2D eigenvalue weighted by atomic mass is 9.80. The summed E-state index contributed by atoms with van der Waals surface area (Å²) in [5.74, 6) is -2.99. The summed E-state index contributed by atoms with van der Waals surface area (Å²) in [6.45, 7) is -0.547. The SMILES string of the molecule is O=C(COC(=O)c1ccc(N2C(=O)[C@@H]3C[C@H](Cl)[C@@H](Cl)C[C@H]3C2=O)cc1)Nc1cc(Cl)ccc1Cl. The number of fused-ring (bicyclic) bond motifs is 1. The third-order valence-electron chi connectivity index (χ3n) is 5.81. The molecule has 4 rings (SSSR count). The predicted molar refractivity (Wildman–Crippen MR) is 130 cm³/mol. The number of amides is 3. The van der Waals surface area contributed by atoms with Crippen LogP contribution in [0.25, 0.3) is 0 Å². The molecule has 1 heterocycles. The van der Waals surface area contributed by atoms with Crippen LogP contribution in [-0.2, 0) is 19.1 Å². The number of hydrogen-bond donors (Lipinski definition) is 1. The highest BCUT2D eigenvalue weighted by Gasteiger charge is 2.52. The van der Waals surface area contributed by atoms with Gasteiger partial charge >= 0.3 is 5.97 Å². The first-order chi connectivity index (χ1) is 16.2. The van der Waals surface area contributed by atoms with Gasteiger partial charge in [-0.2, -0.15) is 0 Å². The third-order valence-corrected chi connectivity index (χ3v) is 7.47. The molecule has 0 bridgehead atoms. The molecule has 1 N–H and O–H groups in total. The Hall–Kier alpha value is -2.32. The van der Waals surface area contributed by atoms with Crippen molar-refractivity contribution in [3.63, 3.8) is 0 Å². The molecule has 1 aliphatic carbocycles. The van der Waals surface area contributed by atoms with Crippen LogP contribution in [0.4, 0.5) is 11.4 Å². The van der Waals surface area contributed by atoms with Gasteiger partial charge < -0.3 is 10.1 Å². The number of esters is 1. The van der Waals surface area contributed by atoms with E-state index in [1.807, 2.05) is 0 Å². The normalized spacial score (nSPS) is 24.1. The number of carbonyl (C=O) groups excluding carboxylic acids is 4. The van der Waals surface area contributed by atoms with Crippen molar-refractivity contribution in [1.82, 2.24) is 0 Å². The van der Waals surface area contributed by atoms with Gasteiger partial charge in [-0.25, -0.2) is 4.79 Å². The first-order valence-electron chi connectivity index (χ1n) is 10.3. The Morgan fingerprint density at radius 2 is 1.53 bits per heavy atom. The smallest absolute Gasteiger partial charge is 0.338 e. The first kappa shape index (κ1) is 24.8. The van der Waals surface area contributed by atoms with Crippen molar-refractivity contribution in [3.8, 4) is 0 Å². The van der Waals surface area contributed by atoms with Gasteiger partial charge in [0, 0.05) is 5.02 Å². The average Bonchev–Trinajstić information content (AvgIpc) is 3.04. The van der Waals surface area contributed by atoms with Gasteiger partial charge in [0.2, 0.25) is 11.8 Å². The molecule has 2 fully saturated rings. The van der Waals surface area contributed by atoms with Crippen LogP contribution >= 0.6 is 46.4 Å². The Labute approximate surface area is 215 Å². The lowest BCUT2D eigenvalue weighted by Crippen LogP contribution is -2.34. The lowest BCUT2D eigenvalue weighted by molar-refractivity contribution is -0.122. The Kier molecular flexibility index (Phi) is 7.38. The van der Waals surface area contributed by atoms with Crippen LogP contribution < -0.4 is 10.2 Å². The van der Waals surface area contributed by atoms with Gasteiger partial charge in [-0.15, -0.1) is 23.2 Å². The van der Waals surface area contributed by atoms with E-state index in [4.69, 9.17) is 51.1 Å². The van der Waals surface area contributed by atoms with Gasteiger partial charge in [0.05, 0.1) is 44.6 Å². The van der Waals surface area contributed by atoms with Crippen molar-refractivity contribution in [1.29, 1.82) is 0 Å². The largest absolute Gasteiger partial charge is 0.452 e. The molecule has 2 aromatic carbocycles. The van der Waals surface area contributed by atoms with E-state index in [9.17, 15) is 19.2 Å². The minimum absolute atomic E-state index is 0.149. The first-order valence-corrected chi connectivity index (χ1v) is 12.0. The van der Waals surface area contributed by atoms with Crippen LogP contribution in [0, 0.1) is 11.8 Å². The van der Waals surface area contributed by atoms with Crippen LogP contribution in [0.15, 0.2) is 42.5 Å². The number of imide groups is 1. The molecule has 0 aromatic heterocycles.